The van der Waals surface area contributed by atoms with Crippen LogP contribution in [0.5, 0.6) is 0 Å². The molecule has 2 fully saturated rings. The van der Waals surface area contributed by atoms with Crippen molar-refractivity contribution < 1.29 is 4.79 Å². The monoisotopic (exact) mass is 472 g/mol. The molecule has 1 saturated heterocycles. The SMILES string of the molecule is Cc1nc2n(c(=O)c1C)C(CC(=O)N1CCC(c3nn(C)c(=O)n3C3CCCC3)CC1)CS2. The van der Waals surface area contributed by atoms with Gasteiger partial charge in [-0.2, -0.15) is 5.10 Å². The molecule has 1 amide bonds. The van der Waals surface area contributed by atoms with Crippen LogP contribution in [0.3, 0.4) is 0 Å². The maximum absolute atomic E-state index is 13.1. The average molecular weight is 473 g/mol. The van der Waals surface area contributed by atoms with Crippen LogP contribution in [-0.4, -0.2) is 53.5 Å². The summed E-state index contributed by atoms with van der Waals surface area (Å²) < 4.78 is 5.12. The van der Waals surface area contributed by atoms with E-state index in [0.29, 0.717) is 30.8 Å². The summed E-state index contributed by atoms with van der Waals surface area (Å²) in [4.78, 5) is 45.1. The van der Waals surface area contributed by atoms with Gasteiger partial charge < -0.3 is 4.90 Å². The molecular weight excluding hydrogens is 440 g/mol. The summed E-state index contributed by atoms with van der Waals surface area (Å²) in [6, 6.07) is 0.123. The third-order valence-electron chi connectivity index (χ3n) is 7.62. The van der Waals surface area contributed by atoms with Crippen LogP contribution in [0.15, 0.2) is 14.7 Å². The molecule has 0 radical (unpaired) electrons. The van der Waals surface area contributed by atoms with E-state index in [1.807, 2.05) is 16.4 Å². The Morgan fingerprint density at radius 1 is 1.06 bits per heavy atom. The first-order valence-electron chi connectivity index (χ1n) is 12.0. The lowest BCUT2D eigenvalue weighted by Gasteiger charge is -2.32. The van der Waals surface area contributed by atoms with Gasteiger partial charge in [0.1, 0.15) is 5.82 Å². The van der Waals surface area contributed by atoms with Gasteiger partial charge in [0.2, 0.25) is 5.91 Å². The highest BCUT2D eigenvalue weighted by atomic mass is 32.2. The minimum Gasteiger partial charge on any atom is -0.343 e. The highest BCUT2D eigenvalue weighted by Gasteiger charge is 2.34. The lowest BCUT2D eigenvalue weighted by Crippen LogP contribution is -2.40. The molecule has 33 heavy (non-hydrogen) atoms. The van der Waals surface area contributed by atoms with Crippen molar-refractivity contribution in [1.29, 1.82) is 0 Å². The predicted molar refractivity (Wildman–Crippen MR) is 126 cm³/mol. The van der Waals surface area contributed by atoms with E-state index >= 15 is 0 Å². The van der Waals surface area contributed by atoms with Crippen LogP contribution in [0.4, 0.5) is 0 Å². The third kappa shape index (κ3) is 3.96. The van der Waals surface area contributed by atoms with Crippen LogP contribution >= 0.6 is 11.8 Å². The van der Waals surface area contributed by atoms with Gasteiger partial charge in [-0.3, -0.25) is 18.7 Å². The fourth-order valence-corrected chi connectivity index (χ4v) is 6.70. The Morgan fingerprint density at radius 3 is 2.45 bits per heavy atom. The molecule has 1 aliphatic carbocycles. The molecule has 2 aromatic heterocycles. The Morgan fingerprint density at radius 2 is 1.76 bits per heavy atom. The Bertz CT molecular complexity index is 1180. The number of amides is 1. The van der Waals surface area contributed by atoms with Crippen LogP contribution in [-0.2, 0) is 11.8 Å². The fraction of sp³-hybridized carbons (Fsp3) is 0.696. The summed E-state index contributed by atoms with van der Waals surface area (Å²) in [5.74, 6) is 1.88. The Hall–Kier alpha value is -2.36. The van der Waals surface area contributed by atoms with Crippen LogP contribution in [0.25, 0.3) is 0 Å². The average Bonchev–Trinajstić information content (AvgIpc) is 3.53. The normalized spacial score (nSPS) is 21.7. The minimum atomic E-state index is -0.141. The number of hydrogen-bond donors (Lipinski definition) is 0. The van der Waals surface area contributed by atoms with Crippen LogP contribution in [0.2, 0.25) is 0 Å². The van der Waals surface area contributed by atoms with Gasteiger partial charge in [-0.15, -0.1) is 0 Å². The number of hydrogen-bond acceptors (Lipinski definition) is 6. The smallest absolute Gasteiger partial charge is 0.343 e. The van der Waals surface area contributed by atoms with Crippen molar-refractivity contribution in [3.05, 3.63) is 37.9 Å². The molecule has 0 N–H and O–H groups in total. The van der Waals surface area contributed by atoms with Crippen LogP contribution < -0.4 is 11.2 Å². The van der Waals surface area contributed by atoms with Gasteiger partial charge in [-0.25, -0.2) is 14.5 Å². The molecule has 1 saturated carbocycles. The summed E-state index contributed by atoms with van der Waals surface area (Å²) in [5, 5.41) is 5.32. The Kier molecular flexibility index (Phi) is 5.96. The number of piperidine rings is 1. The minimum absolute atomic E-state index is 0.0163. The Labute approximate surface area is 197 Å². The molecular formula is C23H32N6O3S. The maximum Gasteiger partial charge on any atom is 0.345 e. The van der Waals surface area contributed by atoms with Crippen molar-refractivity contribution in [2.45, 2.75) is 82.0 Å². The van der Waals surface area contributed by atoms with E-state index < -0.39 is 0 Å². The molecule has 0 bridgehead atoms. The van der Waals surface area contributed by atoms with Gasteiger partial charge in [-0.05, 0) is 39.5 Å². The van der Waals surface area contributed by atoms with Gasteiger partial charge in [0, 0.05) is 55.5 Å². The van der Waals surface area contributed by atoms with Crippen molar-refractivity contribution in [2.75, 3.05) is 18.8 Å². The van der Waals surface area contributed by atoms with Crippen LogP contribution in [0, 0.1) is 13.8 Å². The van der Waals surface area contributed by atoms with Crippen molar-refractivity contribution in [2.24, 2.45) is 7.05 Å². The second-order valence-corrected chi connectivity index (χ2v) is 10.7. The number of carbonyl (C=O) groups is 1. The Balaban J connectivity index is 1.26. The third-order valence-corrected chi connectivity index (χ3v) is 8.71. The summed E-state index contributed by atoms with van der Waals surface area (Å²) in [7, 11) is 1.73. The van der Waals surface area contributed by atoms with E-state index in [1.54, 1.807) is 30.3 Å². The van der Waals surface area contributed by atoms with Crippen LogP contribution in [0.1, 0.15) is 80.0 Å². The highest BCUT2D eigenvalue weighted by molar-refractivity contribution is 7.99. The molecule has 4 heterocycles. The molecule has 1 unspecified atom stereocenters. The van der Waals surface area contributed by atoms with E-state index in [9.17, 15) is 14.4 Å². The molecule has 2 aliphatic heterocycles. The zero-order chi connectivity index (χ0) is 23.3. The van der Waals surface area contributed by atoms with Crippen molar-refractivity contribution in [3.63, 3.8) is 0 Å². The predicted octanol–water partition coefficient (Wildman–Crippen LogP) is 2.31. The van der Waals surface area contributed by atoms with Gasteiger partial charge >= 0.3 is 5.69 Å². The number of fused-ring (bicyclic) bond motifs is 1. The van der Waals surface area contributed by atoms with E-state index in [2.05, 4.69) is 10.1 Å². The van der Waals surface area contributed by atoms with Gasteiger partial charge in [0.15, 0.2) is 5.16 Å². The van der Waals surface area contributed by atoms with E-state index in [1.165, 1.54) is 17.5 Å². The molecule has 178 valence electrons. The van der Waals surface area contributed by atoms with Crippen molar-refractivity contribution in [3.8, 4) is 0 Å². The van der Waals surface area contributed by atoms with Gasteiger partial charge in [0.25, 0.3) is 5.56 Å². The first kappa shape index (κ1) is 22.4. The number of likely N-dealkylation sites (tertiary alicyclic amines) is 1. The summed E-state index contributed by atoms with van der Waals surface area (Å²) >= 11 is 1.55. The molecule has 2 aromatic rings. The molecule has 5 rings (SSSR count). The molecule has 9 nitrogen and oxygen atoms in total. The second-order valence-electron chi connectivity index (χ2n) is 9.68. The largest absolute Gasteiger partial charge is 0.345 e. The van der Waals surface area contributed by atoms with E-state index in [0.717, 1.165) is 42.4 Å². The molecule has 1 atom stereocenters. The highest BCUT2D eigenvalue weighted by Crippen LogP contribution is 2.35. The molecule has 10 heteroatoms. The number of aryl methyl sites for hydroxylation is 2. The first-order valence-corrected chi connectivity index (χ1v) is 13.0. The lowest BCUT2D eigenvalue weighted by molar-refractivity contribution is -0.133. The van der Waals surface area contributed by atoms with Crippen molar-refractivity contribution >= 4 is 17.7 Å². The van der Waals surface area contributed by atoms with E-state index in [-0.39, 0.29) is 35.2 Å². The standard InChI is InChI=1S/C23H32N6O3S/c1-14-15(2)24-22-29(21(14)31)18(13-33-22)12-19(30)27-10-8-16(9-11-27)20-25-26(3)23(32)28(20)17-6-4-5-7-17/h16-18H,4-13H2,1-3H3. The first-order chi connectivity index (χ1) is 15.8. The number of nitrogens with zero attached hydrogens (tertiary/aromatic N) is 6. The number of thioether (sulfide) groups is 1. The summed E-state index contributed by atoms with van der Waals surface area (Å²) in [6.07, 6.45) is 6.37. The summed E-state index contributed by atoms with van der Waals surface area (Å²) in [6.45, 7) is 4.97. The van der Waals surface area contributed by atoms with Gasteiger partial charge in [0.05, 0.1) is 6.04 Å². The lowest BCUT2D eigenvalue weighted by atomic mass is 9.95. The zero-order valence-electron chi connectivity index (χ0n) is 19.6. The molecule has 0 aromatic carbocycles. The zero-order valence-corrected chi connectivity index (χ0v) is 20.4. The number of rotatable bonds is 4. The maximum atomic E-state index is 13.1. The van der Waals surface area contributed by atoms with Crippen molar-refractivity contribution in [1.82, 2.24) is 28.8 Å². The summed E-state index contributed by atoms with van der Waals surface area (Å²) in [5.41, 5.74) is 1.37. The number of aromatic nitrogens is 5. The number of carbonyl (C=O) groups excluding carboxylic acids is 1. The molecule has 0 spiro atoms. The second kappa shape index (κ2) is 8.77. The fourth-order valence-electron chi connectivity index (χ4n) is 5.52. The van der Waals surface area contributed by atoms with Gasteiger partial charge in [-0.1, -0.05) is 24.6 Å². The van der Waals surface area contributed by atoms with E-state index in [4.69, 9.17) is 0 Å². The topological polar surface area (TPSA) is 95.0 Å². The molecule has 3 aliphatic rings. The quantitative estimate of drug-likeness (QED) is 0.634.